The van der Waals surface area contributed by atoms with Crippen LogP contribution in [0, 0.1) is 5.92 Å². The van der Waals surface area contributed by atoms with Crippen LogP contribution in [-0.4, -0.2) is 49.3 Å². The normalized spacial score (nSPS) is 29.6. The Morgan fingerprint density at radius 3 is 2.52 bits per heavy atom. The molecule has 2 aromatic carbocycles. The average molecular weight is 536 g/mol. The summed E-state index contributed by atoms with van der Waals surface area (Å²) in [6, 6.07) is 18.7. The molecule has 2 bridgehead atoms. The number of piperidine rings is 1. The molecular formula is C33H37N5O2. The summed E-state index contributed by atoms with van der Waals surface area (Å²) in [6.07, 6.45) is 12.5. The van der Waals surface area contributed by atoms with Crippen molar-refractivity contribution in [3.8, 4) is 16.9 Å². The molecule has 0 amide bonds. The van der Waals surface area contributed by atoms with Crippen molar-refractivity contribution < 1.29 is 9.84 Å². The first kappa shape index (κ1) is 24.4. The highest BCUT2D eigenvalue weighted by Gasteiger charge is 2.43. The minimum atomic E-state index is -0.101. The second kappa shape index (κ2) is 9.60. The number of benzene rings is 2. The Morgan fingerprint density at radius 2 is 1.73 bits per heavy atom. The van der Waals surface area contributed by atoms with Gasteiger partial charge in [-0.25, -0.2) is 9.97 Å². The van der Waals surface area contributed by atoms with E-state index in [1.807, 2.05) is 6.07 Å². The summed E-state index contributed by atoms with van der Waals surface area (Å²) in [4.78, 5) is 11.8. The number of ether oxygens (including phenoxy) is 1. The third-order valence-corrected chi connectivity index (χ3v) is 10.1. The fraction of sp³-hybridized carbons (Fsp3) is 0.455. The van der Waals surface area contributed by atoms with Gasteiger partial charge in [-0.2, -0.15) is 0 Å². The number of aliphatic hydroxyl groups is 1. The van der Waals surface area contributed by atoms with Crippen LogP contribution in [-0.2, 0) is 6.42 Å². The topological polar surface area (TPSA) is 89.4 Å². The first-order valence-electron chi connectivity index (χ1n) is 15.0. The molecule has 1 aliphatic carbocycles. The number of hydrogen-bond acceptors (Lipinski definition) is 6. The van der Waals surface area contributed by atoms with Crippen molar-refractivity contribution in [1.29, 1.82) is 0 Å². The third kappa shape index (κ3) is 4.10. The molecule has 5 heterocycles. The van der Waals surface area contributed by atoms with E-state index in [-0.39, 0.29) is 12.2 Å². The zero-order chi connectivity index (χ0) is 26.8. The van der Waals surface area contributed by atoms with E-state index in [9.17, 15) is 5.11 Å². The number of nitrogens with zero attached hydrogens (tertiary/aromatic N) is 4. The smallest absolute Gasteiger partial charge is 0.146 e. The molecule has 3 unspecified atom stereocenters. The van der Waals surface area contributed by atoms with Crippen LogP contribution in [0.15, 0.2) is 61.1 Å². The van der Waals surface area contributed by atoms with E-state index < -0.39 is 0 Å². The predicted molar refractivity (Wildman–Crippen MR) is 156 cm³/mol. The van der Waals surface area contributed by atoms with Gasteiger partial charge in [0.15, 0.2) is 0 Å². The molecule has 7 heteroatoms. The highest BCUT2D eigenvalue weighted by atomic mass is 16.5. The molecule has 1 saturated carbocycles. The van der Waals surface area contributed by atoms with E-state index in [2.05, 4.69) is 63.1 Å². The number of hydrogen-bond donors (Lipinski definition) is 2. The van der Waals surface area contributed by atoms with Crippen molar-refractivity contribution in [2.45, 2.75) is 81.7 Å². The van der Waals surface area contributed by atoms with Gasteiger partial charge in [0.2, 0.25) is 0 Å². The lowest BCUT2D eigenvalue weighted by molar-refractivity contribution is 0.0124. The zero-order valence-corrected chi connectivity index (χ0v) is 22.8. The van der Waals surface area contributed by atoms with Crippen LogP contribution in [0.4, 0.5) is 5.82 Å². The molecule has 3 fully saturated rings. The molecule has 3 N–H and O–H groups in total. The third-order valence-electron chi connectivity index (χ3n) is 10.1. The van der Waals surface area contributed by atoms with Crippen LogP contribution in [0.25, 0.3) is 22.2 Å². The molecule has 0 radical (unpaired) electrons. The van der Waals surface area contributed by atoms with Crippen LogP contribution in [0.1, 0.15) is 68.2 Å². The van der Waals surface area contributed by atoms with Gasteiger partial charge in [-0.3, -0.25) is 4.90 Å². The van der Waals surface area contributed by atoms with Gasteiger partial charge in [0.05, 0.1) is 11.5 Å². The maximum Gasteiger partial charge on any atom is 0.146 e. The summed E-state index contributed by atoms with van der Waals surface area (Å²) in [6.45, 7) is 1.16. The molecule has 0 spiro atoms. The van der Waals surface area contributed by atoms with Crippen molar-refractivity contribution in [3.63, 3.8) is 0 Å². The maximum atomic E-state index is 10.2. The van der Waals surface area contributed by atoms with Gasteiger partial charge in [0.25, 0.3) is 0 Å². The summed E-state index contributed by atoms with van der Waals surface area (Å²) < 4.78 is 8.88. The quantitative estimate of drug-likeness (QED) is 0.342. The van der Waals surface area contributed by atoms with Gasteiger partial charge in [0.1, 0.15) is 29.6 Å². The van der Waals surface area contributed by atoms with E-state index in [4.69, 9.17) is 15.5 Å². The van der Waals surface area contributed by atoms with E-state index in [0.29, 0.717) is 29.9 Å². The molecule has 3 atom stereocenters. The summed E-state index contributed by atoms with van der Waals surface area (Å²) in [5.74, 6) is 2.17. The first-order valence-corrected chi connectivity index (χ1v) is 15.0. The zero-order valence-electron chi connectivity index (χ0n) is 22.8. The lowest BCUT2D eigenvalue weighted by Gasteiger charge is -2.44. The van der Waals surface area contributed by atoms with Gasteiger partial charge in [-0.15, -0.1) is 0 Å². The Balaban J connectivity index is 1.06. The van der Waals surface area contributed by atoms with Crippen molar-refractivity contribution >= 4 is 16.9 Å². The largest absolute Gasteiger partial charge is 0.485 e. The van der Waals surface area contributed by atoms with Crippen molar-refractivity contribution in [2.24, 2.45) is 5.92 Å². The second-order valence-electron chi connectivity index (χ2n) is 12.5. The van der Waals surface area contributed by atoms with Crippen LogP contribution < -0.4 is 10.5 Å². The van der Waals surface area contributed by atoms with E-state index in [0.717, 1.165) is 73.0 Å². The molecule has 206 valence electrons. The molecule has 7 nitrogen and oxygen atoms in total. The van der Waals surface area contributed by atoms with Crippen molar-refractivity contribution in [1.82, 2.24) is 19.4 Å². The van der Waals surface area contributed by atoms with E-state index >= 15 is 0 Å². The van der Waals surface area contributed by atoms with Gasteiger partial charge < -0.3 is 20.1 Å². The van der Waals surface area contributed by atoms with Crippen molar-refractivity contribution in [3.05, 3.63) is 72.2 Å². The average Bonchev–Trinajstić information content (AvgIpc) is 3.45. The number of fused-ring (bicyclic) bond motifs is 4. The van der Waals surface area contributed by atoms with E-state index in [1.54, 1.807) is 6.33 Å². The number of anilines is 1. The molecule has 40 heavy (non-hydrogen) atoms. The number of rotatable bonds is 5. The molecule has 4 aromatic rings. The standard InChI is InChI=1S/C33H37N5O2/c34-32-31-28(23-7-6-22-8-11-29(40-30(22)14-23)21-4-2-1-3-5-21)18-38(33(31)36-19-35-32)26-12-20(13-26)17-37-24-9-10-25(37)16-27(39)15-24/h1-7,14,18-20,24-27,29,39H,8-13,15-17H2,(H2,34,35,36). The fourth-order valence-corrected chi connectivity index (χ4v) is 7.96. The predicted octanol–water partition coefficient (Wildman–Crippen LogP) is 5.69. The lowest BCUT2D eigenvalue weighted by atomic mass is 9.79. The minimum Gasteiger partial charge on any atom is -0.485 e. The molecule has 2 aromatic heterocycles. The molecule has 2 saturated heterocycles. The highest BCUT2D eigenvalue weighted by Crippen LogP contribution is 2.46. The number of nitrogens with two attached hydrogens (primary N) is 1. The summed E-state index contributed by atoms with van der Waals surface area (Å²) >= 11 is 0. The molecule has 4 aliphatic rings. The number of aliphatic hydroxyl groups excluding tert-OH is 1. The summed E-state index contributed by atoms with van der Waals surface area (Å²) in [5, 5.41) is 11.1. The fourth-order valence-electron chi connectivity index (χ4n) is 7.96. The number of aromatic nitrogens is 3. The first-order chi connectivity index (χ1) is 19.6. The maximum absolute atomic E-state index is 10.2. The highest BCUT2D eigenvalue weighted by molar-refractivity contribution is 6.00. The van der Waals surface area contributed by atoms with Gasteiger partial charge in [-0.1, -0.05) is 42.5 Å². The summed E-state index contributed by atoms with van der Waals surface area (Å²) in [7, 11) is 0. The molecular weight excluding hydrogens is 498 g/mol. The van der Waals surface area contributed by atoms with E-state index in [1.165, 1.54) is 24.0 Å². The number of aryl methyl sites for hydroxylation is 1. The van der Waals surface area contributed by atoms with Crippen LogP contribution in [0.3, 0.4) is 0 Å². The van der Waals surface area contributed by atoms with Gasteiger partial charge >= 0.3 is 0 Å². The van der Waals surface area contributed by atoms with Gasteiger partial charge in [0, 0.05) is 36.4 Å². The SMILES string of the molecule is Nc1ncnc2c1c(-c1ccc3c(c1)OC(c1ccccc1)CC3)cn2C1CC(CN2C3CCC2CC(O)C3)C1. The molecule has 3 aliphatic heterocycles. The summed E-state index contributed by atoms with van der Waals surface area (Å²) in [5.41, 5.74) is 12.1. The van der Waals surface area contributed by atoms with Crippen LogP contribution in [0.2, 0.25) is 0 Å². The lowest BCUT2D eigenvalue weighted by Crippen LogP contribution is -2.48. The molecule has 8 rings (SSSR count). The second-order valence-corrected chi connectivity index (χ2v) is 12.5. The van der Waals surface area contributed by atoms with Gasteiger partial charge in [-0.05, 0) is 80.0 Å². The van der Waals surface area contributed by atoms with Crippen LogP contribution >= 0.6 is 0 Å². The Kier molecular flexibility index (Phi) is 5.85. The Morgan fingerprint density at radius 1 is 0.925 bits per heavy atom. The van der Waals surface area contributed by atoms with Crippen LogP contribution in [0.5, 0.6) is 5.75 Å². The Labute approximate surface area is 235 Å². The minimum absolute atomic E-state index is 0.0732. The van der Waals surface area contributed by atoms with Crippen molar-refractivity contribution in [2.75, 3.05) is 12.3 Å². The monoisotopic (exact) mass is 535 g/mol. The number of nitrogen functional groups attached to an aromatic ring is 1. The Bertz CT molecular complexity index is 1530. The Hall–Kier alpha value is -3.42.